The summed E-state index contributed by atoms with van der Waals surface area (Å²) in [6, 6.07) is 8.11. The highest BCUT2D eigenvalue weighted by molar-refractivity contribution is 7.99. The van der Waals surface area contributed by atoms with Crippen LogP contribution in [0.1, 0.15) is 36.1 Å². The van der Waals surface area contributed by atoms with Crippen molar-refractivity contribution in [2.75, 3.05) is 0 Å². The lowest BCUT2D eigenvalue weighted by Crippen LogP contribution is -2.20. The van der Waals surface area contributed by atoms with E-state index in [1.54, 1.807) is 25.6 Å². The predicted octanol–water partition coefficient (Wildman–Crippen LogP) is 5.98. The number of carbonyl (C=O) groups is 2. The van der Waals surface area contributed by atoms with Crippen molar-refractivity contribution in [3.05, 3.63) is 71.8 Å². The van der Waals surface area contributed by atoms with E-state index in [-0.39, 0.29) is 0 Å². The summed E-state index contributed by atoms with van der Waals surface area (Å²) in [5.74, 6) is 0.304. The Hall–Kier alpha value is -3.19. The SMILES string of the molecule is C=CC(=O)OC(C)Oc1c(C)cc(Sc2cc(C)c(OC(C)OC(=O)C=C)c(C)c2)cc1C. The van der Waals surface area contributed by atoms with Crippen molar-refractivity contribution in [2.24, 2.45) is 0 Å². The highest BCUT2D eigenvalue weighted by Crippen LogP contribution is 2.37. The molecule has 0 saturated heterocycles. The lowest BCUT2D eigenvalue weighted by molar-refractivity contribution is -0.156. The van der Waals surface area contributed by atoms with Crippen molar-refractivity contribution < 1.29 is 28.5 Å². The predicted molar refractivity (Wildman–Crippen MR) is 129 cm³/mol. The summed E-state index contributed by atoms with van der Waals surface area (Å²) < 4.78 is 21.8. The maximum absolute atomic E-state index is 11.4. The third-order valence-corrected chi connectivity index (χ3v) is 5.51. The van der Waals surface area contributed by atoms with Crippen molar-refractivity contribution in [3.63, 3.8) is 0 Å². The maximum Gasteiger partial charge on any atom is 0.333 e. The smallest absolute Gasteiger partial charge is 0.333 e. The van der Waals surface area contributed by atoms with Crippen molar-refractivity contribution in [1.29, 1.82) is 0 Å². The van der Waals surface area contributed by atoms with Crippen LogP contribution in [-0.2, 0) is 19.1 Å². The number of aryl methyl sites for hydroxylation is 4. The second-order valence-electron chi connectivity index (χ2n) is 7.53. The second kappa shape index (κ2) is 11.6. The molecule has 2 aromatic rings. The molecule has 0 saturated carbocycles. The van der Waals surface area contributed by atoms with E-state index in [0.717, 1.165) is 44.2 Å². The Morgan fingerprint density at radius 1 is 0.727 bits per heavy atom. The fourth-order valence-electron chi connectivity index (χ4n) is 3.25. The molecule has 33 heavy (non-hydrogen) atoms. The topological polar surface area (TPSA) is 71.1 Å². The van der Waals surface area contributed by atoms with Gasteiger partial charge in [0.2, 0.25) is 12.6 Å². The van der Waals surface area contributed by atoms with E-state index in [2.05, 4.69) is 13.2 Å². The Morgan fingerprint density at radius 3 is 1.30 bits per heavy atom. The van der Waals surface area contributed by atoms with E-state index in [1.807, 2.05) is 52.0 Å². The molecule has 0 amide bonds. The van der Waals surface area contributed by atoms with Gasteiger partial charge < -0.3 is 18.9 Å². The van der Waals surface area contributed by atoms with Crippen molar-refractivity contribution in [3.8, 4) is 11.5 Å². The van der Waals surface area contributed by atoms with Gasteiger partial charge in [-0.2, -0.15) is 0 Å². The molecule has 0 aliphatic rings. The molecule has 176 valence electrons. The van der Waals surface area contributed by atoms with Crippen LogP contribution in [-0.4, -0.2) is 24.5 Å². The lowest BCUT2D eigenvalue weighted by atomic mass is 10.1. The number of ether oxygens (including phenoxy) is 4. The van der Waals surface area contributed by atoms with Crippen molar-refractivity contribution in [1.82, 2.24) is 0 Å². The molecule has 0 radical (unpaired) electrons. The van der Waals surface area contributed by atoms with Gasteiger partial charge >= 0.3 is 11.9 Å². The number of rotatable bonds is 10. The molecule has 2 unspecified atom stereocenters. The monoisotopic (exact) mass is 470 g/mol. The molecule has 0 aliphatic heterocycles. The molecule has 0 aromatic heterocycles. The van der Waals surface area contributed by atoms with Crippen molar-refractivity contribution in [2.45, 2.75) is 63.9 Å². The van der Waals surface area contributed by atoms with Crippen LogP contribution < -0.4 is 9.47 Å². The largest absolute Gasteiger partial charge is 0.455 e. The molecule has 0 fully saturated rings. The minimum Gasteiger partial charge on any atom is -0.455 e. The number of hydrogen-bond donors (Lipinski definition) is 0. The standard InChI is InChI=1S/C26H30O6S/c1-9-23(27)29-19(7)31-25-15(3)11-21(12-16(25)4)33-22-13-17(5)26(18(6)14-22)32-20(8)30-24(28)10-2/h9-14,19-20H,1-2H2,3-8H3. The zero-order valence-electron chi connectivity index (χ0n) is 19.9. The van der Waals surface area contributed by atoms with Gasteiger partial charge in [0.15, 0.2) is 0 Å². The molecule has 2 rings (SSSR count). The summed E-state index contributed by atoms with van der Waals surface area (Å²) >= 11 is 1.62. The Balaban J connectivity index is 2.17. The Kier molecular flexibility index (Phi) is 9.17. The molecule has 7 heteroatoms. The molecular weight excluding hydrogens is 440 g/mol. The van der Waals surface area contributed by atoms with Crippen LogP contribution in [0.25, 0.3) is 0 Å². The normalized spacial score (nSPS) is 12.3. The summed E-state index contributed by atoms with van der Waals surface area (Å²) in [4.78, 5) is 24.9. The van der Waals surface area contributed by atoms with Crippen LogP contribution in [0.4, 0.5) is 0 Å². The van der Waals surface area contributed by atoms with Gasteiger partial charge in [0.25, 0.3) is 0 Å². The van der Waals surface area contributed by atoms with Crippen LogP contribution >= 0.6 is 11.8 Å². The fraction of sp³-hybridized carbons (Fsp3) is 0.308. The van der Waals surface area contributed by atoms with Gasteiger partial charge in [-0.25, -0.2) is 9.59 Å². The Labute approximate surface area is 199 Å². The molecule has 0 bridgehead atoms. The zero-order chi connectivity index (χ0) is 24.7. The van der Waals surface area contributed by atoms with Crippen LogP contribution in [0.3, 0.4) is 0 Å². The second-order valence-corrected chi connectivity index (χ2v) is 8.67. The van der Waals surface area contributed by atoms with Gasteiger partial charge in [0, 0.05) is 35.8 Å². The summed E-state index contributed by atoms with van der Waals surface area (Å²) in [7, 11) is 0. The van der Waals surface area contributed by atoms with Gasteiger partial charge in [-0.3, -0.25) is 0 Å². The first kappa shape index (κ1) is 26.1. The fourth-order valence-corrected chi connectivity index (χ4v) is 4.47. The molecule has 2 aromatic carbocycles. The molecular formula is C26H30O6S. The average Bonchev–Trinajstić information content (AvgIpc) is 2.73. The van der Waals surface area contributed by atoms with E-state index in [0.29, 0.717) is 11.5 Å². The van der Waals surface area contributed by atoms with Crippen molar-refractivity contribution >= 4 is 23.7 Å². The van der Waals surface area contributed by atoms with E-state index < -0.39 is 24.5 Å². The first-order chi connectivity index (χ1) is 15.5. The Morgan fingerprint density at radius 2 is 1.03 bits per heavy atom. The number of carbonyl (C=O) groups excluding carboxylic acids is 2. The number of esters is 2. The minimum absolute atomic E-state index is 0.531. The third-order valence-electron chi connectivity index (χ3n) is 4.57. The first-order valence-corrected chi connectivity index (χ1v) is 11.3. The average molecular weight is 471 g/mol. The molecule has 6 nitrogen and oxygen atoms in total. The van der Waals surface area contributed by atoms with Crippen LogP contribution in [0.15, 0.2) is 59.4 Å². The summed E-state index contributed by atoms with van der Waals surface area (Å²) in [6.45, 7) is 17.9. The van der Waals surface area contributed by atoms with Crippen LogP contribution in [0, 0.1) is 27.7 Å². The first-order valence-electron chi connectivity index (χ1n) is 10.4. The summed E-state index contributed by atoms with van der Waals surface area (Å²) in [5.41, 5.74) is 3.74. The highest BCUT2D eigenvalue weighted by Gasteiger charge is 2.16. The van der Waals surface area contributed by atoms with Gasteiger partial charge in [0.05, 0.1) is 0 Å². The Bertz CT molecular complexity index is 929. The zero-order valence-corrected chi connectivity index (χ0v) is 20.7. The summed E-state index contributed by atoms with van der Waals surface area (Å²) in [6.07, 6.45) is 0.761. The van der Waals surface area contributed by atoms with Crippen LogP contribution in [0.2, 0.25) is 0 Å². The molecule has 0 N–H and O–H groups in total. The van der Waals surface area contributed by atoms with Gasteiger partial charge in [-0.15, -0.1) is 0 Å². The summed E-state index contributed by atoms with van der Waals surface area (Å²) in [5, 5.41) is 0. The molecule has 0 heterocycles. The molecule has 0 spiro atoms. The van der Waals surface area contributed by atoms with Gasteiger partial charge in [0.1, 0.15) is 11.5 Å². The van der Waals surface area contributed by atoms with E-state index in [9.17, 15) is 9.59 Å². The third kappa shape index (κ3) is 7.43. The minimum atomic E-state index is -0.725. The van der Waals surface area contributed by atoms with Crippen LogP contribution in [0.5, 0.6) is 11.5 Å². The molecule has 0 aliphatic carbocycles. The maximum atomic E-state index is 11.4. The van der Waals surface area contributed by atoms with Gasteiger partial charge in [-0.05, 0) is 74.2 Å². The highest BCUT2D eigenvalue weighted by atomic mass is 32.2. The molecule has 2 atom stereocenters. The number of benzene rings is 2. The van der Waals surface area contributed by atoms with Gasteiger partial charge in [-0.1, -0.05) is 24.9 Å². The van der Waals surface area contributed by atoms with E-state index in [4.69, 9.17) is 18.9 Å². The quantitative estimate of drug-likeness (QED) is 0.240. The van der Waals surface area contributed by atoms with E-state index in [1.165, 1.54) is 0 Å². The number of hydrogen-bond acceptors (Lipinski definition) is 7. The van der Waals surface area contributed by atoms with E-state index >= 15 is 0 Å². The lowest BCUT2D eigenvalue weighted by Gasteiger charge is -2.20.